The van der Waals surface area contributed by atoms with Crippen LogP contribution in [0.25, 0.3) is 0 Å². The van der Waals surface area contributed by atoms with E-state index in [2.05, 4.69) is 58.7 Å². The molecule has 0 fully saturated rings. The summed E-state index contributed by atoms with van der Waals surface area (Å²) in [6.45, 7) is 12.1. The minimum Gasteiger partial charge on any atom is -0.395 e. The van der Waals surface area contributed by atoms with Gasteiger partial charge in [-0.15, -0.1) is 0 Å². The number of likely N-dealkylation sites (N-methyl/N-ethyl adjacent to an activating group) is 1. The lowest BCUT2D eigenvalue weighted by Gasteiger charge is -2.29. The van der Waals surface area contributed by atoms with Gasteiger partial charge in [0.25, 0.3) is 0 Å². The summed E-state index contributed by atoms with van der Waals surface area (Å²) in [5, 5.41) is 9.46. The van der Waals surface area contributed by atoms with Crippen LogP contribution in [0.3, 0.4) is 0 Å². The van der Waals surface area contributed by atoms with Gasteiger partial charge in [0.05, 0.1) is 6.61 Å². The number of benzene rings is 1. The zero-order chi connectivity index (χ0) is 14.6. The zero-order valence-corrected chi connectivity index (χ0v) is 13.3. The van der Waals surface area contributed by atoms with Gasteiger partial charge in [-0.05, 0) is 62.4 Å². The molecule has 1 aromatic carbocycles. The smallest absolute Gasteiger partial charge is 0.0589 e. The van der Waals surface area contributed by atoms with Gasteiger partial charge in [0.1, 0.15) is 0 Å². The standard InChI is InChI=1S/C17H29NO/c1-12(2)17(11-19)18(6)8-7-16-10-14(4)13(3)9-15(16)5/h9-10,12,17,19H,7-8,11H2,1-6H3. The van der Waals surface area contributed by atoms with E-state index in [1.165, 1.54) is 22.3 Å². The lowest BCUT2D eigenvalue weighted by atomic mass is 9.98. The minimum atomic E-state index is 0.236. The Morgan fingerprint density at radius 2 is 1.63 bits per heavy atom. The Bertz CT molecular complexity index is 412. The number of rotatable bonds is 6. The Morgan fingerprint density at radius 1 is 1.05 bits per heavy atom. The molecule has 19 heavy (non-hydrogen) atoms. The Morgan fingerprint density at radius 3 is 2.16 bits per heavy atom. The topological polar surface area (TPSA) is 23.5 Å². The van der Waals surface area contributed by atoms with E-state index in [0.717, 1.165) is 13.0 Å². The monoisotopic (exact) mass is 263 g/mol. The van der Waals surface area contributed by atoms with Crippen molar-refractivity contribution in [2.45, 2.75) is 47.1 Å². The van der Waals surface area contributed by atoms with Crippen molar-refractivity contribution in [3.8, 4) is 0 Å². The number of aliphatic hydroxyl groups excluding tert-OH is 1. The molecule has 2 nitrogen and oxygen atoms in total. The highest BCUT2D eigenvalue weighted by molar-refractivity contribution is 5.36. The minimum absolute atomic E-state index is 0.236. The average Bonchev–Trinajstić information content (AvgIpc) is 2.32. The van der Waals surface area contributed by atoms with Crippen LogP contribution in [0.2, 0.25) is 0 Å². The third-order valence-electron chi connectivity index (χ3n) is 4.21. The molecule has 0 aliphatic heterocycles. The van der Waals surface area contributed by atoms with Crippen molar-refractivity contribution in [2.24, 2.45) is 5.92 Å². The first-order chi connectivity index (χ1) is 8.86. The molecule has 1 rings (SSSR count). The molecule has 2 heteroatoms. The van der Waals surface area contributed by atoms with E-state index in [9.17, 15) is 5.11 Å². The fraction of sp³-hybridized carbons (Fsp3) is 0.647. The fourth-order valence-corrected chi connectivity index (χ4v) is 2.61. The summed E-state index contributed by atoms with van der Waals surface area (Å²) in [5.41, 5.74) is 5.54. The summed E-state index contributed by atoms with van der Waals surface area (Å²) in [6, 6.07) is 4.84. The average molecular weight is 263 g/mol. The molecule has 0 aromatic heterocycles. The van der Waals surface area contributed by atoms with Crippen LogP contribution in [0.5, 0.6) is 0 Å². The summed E-state index contributed by atoms with van der Waals surface area (Å²) in [7, 11) is 2.11. The van der Waals surface area contributed by atoms with Crippen molar-refractivity contribution in [3.05, 3.63) is 34.4 Å². The van der Waals surface area contributed by atoms with E-state index < -0.39 is 0 Å². The summed E-state index contributed by atoms with van der Waals surface area (Å²) in [6.07, 6.45) is 1.05. The van der Waals surface area contributed by atoms with Crippen molar-refractivity contribution in [3.63, 3.8) is 0 Å². The van der Waals surface area contributed by atoms with Gasteiger partial charge in [0.2, 0.25) is 0 Å². The van der Waals surface area contributed by atoms with Gasteiger partial charge in [0.15, 0.2) is 0 Å². The summed E-state index contributed by atoms with van der Waals surface area (Å²) >= 11 is 0. The highest BCUT2D eigenvalue weighted by Gasteiger charge is 2.17. The molecule has 0 saturated carbocycles. The third-order valence-corrected chi connectivity index (χ3v) is 4.21. The maximum absolute atomic E-state index is 9.46. The van der Waals surface area contributed by atoms with Gasteiger partial charge < -0.3 is 10.0 Å². The molecule has 0 bridgehead atoms. The van der Waals surface area contributed by atoms with Crippen molar-refractivity contribution in [2.75, 3.05) is 20.2 Å². The molecule has 0 radical (unpaired) electrons. The molecule has 1 unspecified atom stereocenters. The number of hydrogen-bond acceptors (Lipinski definition) is 2. The van der Waals surface area contributed by atoms with Gasteiger partial charge in [-0.25, -0.2) is 0 Å². The molecule has 1 aromatic rings. The Kier molecular flexibility index (Phi) is 6.02. The van der Waals surface area contributed by atoms with Gasteiger partial charge in [-0.1, -0.05) is 26.0 Å². The van der Waals surface area contributed by atoms with Crippen molar-refractivity contribution in [1.82, 2.24) is 4.90 Å². The van der Waals surface area contributed by atoms with E-state index in [4.69, 9.17) is 0 Å². The quantitative estimate of drug-likeness (QED) is 0.852. The SMILES string of the molecule is Cc1cc(C)c(CCN(C)C(CO)C(C)C)cc1C. The van der Waals surface area contributed by atoms with Crippen molar-refractivity contribution in [1.29, 1.82) is 0 Å². The van der Waals surface area contributed by atoms with E-state index >= 15 is 0 Å². The molecular weight excluding hydrogens is 234 g/mol. The molecule has 108 valence electrons. The zero-order valence-electron chi connectivity index (χ0n) is 13.3. The van der Waals surface area contributed by atoms with Crippen molar-refractivity contribution >= 4 is 0 Å². The van der Waals surface area contributed by atoms with Crippen LogP contribution in [-0.2, 0) is 6.42 Å². The second-order valence-corrected chi connectivity index (χ2v) is 6.09. The Labute approximate surface area is 118 Å². The highest BCUT2D eigenvalue weighted by atomic mass is 16.3. The van der Waals surface area contributed by atoms with Gasteiger partial charge in [0, 0.05) is 12.6 Å². The van der Waals surface area contributed by atoms with Crippen LogP contribution < -0.4 is 0 Å². The van der Waals surface area contributed by atoms with Crippen LogP contribution in [-0.4, -0.2) is 36.2 Å². The number of hydrogen-bond donors (Lipinski definition) is 1. The lowest BCUT2D eigenvalue weighted by molar-refractivity contribution is 0.114. The van der Waals surface area contributed by atoms with E-state index in [0.29, 0.717) is 5.92 Å². The van der Waals surface area contributed by atoms with Crippen LogP contribution in [0.1, 0.15) is 36.1 Å². The van der Waals surface area contributed by atoms with Crippen molar-refractivity contribution < 1.29 is 5.11 Å². The van der Waals surface area contributed by atoms with E-state index in [1.54, 1.807) is 0 Å². The predicted octanol–water partition coefficient (Wildman–Crippen LogP) is 3.10. The number of aliphatic hydroxyl groups is 1. The second-order valence-electron chi connectivity index (χ2n) is 6.09. The first-order valence-corrected chi connectivity index (χ1v) is 7.24. The molecule has 0 spiro atoms. The maximum atomic E-state index is 9.46. The first-order valence-electron chi connectivity index (χ1n) is 7.24. The molecule has 1 atom stereocenters. The lowest BCUT2D eigenvalue weighted by Crippen LogP contribution is -2.40. The van der Waals surface area contributed by atoms with Crippen LogP contribution in [0, 0.1) is 26.7 Å². The van der Waals surface area contributed by atoms with E-state index in [1.807, 2.05) is 0 Å². The van der Waals surface area contributed by atoms with Crippen LogP contribution in [0.15, 0.2) is 12.1 Å². The normalized spacial score (nSPS) is 13.3. The predicted molar refractivity (Wildman–Crippen MR) is 82.7 cm³/mol. The van der Waals surface area contributed by atoms with Gasteiger partial charge in [-0.3, -0.25) is 0 Å². The number of aryl methyl sites for hydroxylation is 3. The Hall–Kier alpha value is -0.860. The molecule has 1 N–H and O–H groups in total. The van der Waals surface area contributed by atoms with Crippen LogP contribution >= 0.6 is 0 Å². The summed E-state index contributed by atoms with van der Waals surface area (Å²) in [5.74, 6) is 0.482. The van der Waals surface area contributed by atoms with E-state index in [-0.39, 0.29) is 12.6 Å². The van der Waals surface area contributed by atoms with Gasteiger partial charge >= 0.3 is 0 Å². The van der Waals surface area contributed by atoms with Crippen LogP contribution in [0.4, 0.5) is 0 Å². The number of nitrogens with zero attached hydrogens (tertiary/aromatic N) is 1. The second kappa shape index (κ2) is 7.06. The highest BCUT2D eigenvalue weighted by Crippen LogP contribution is 2.17. The Balaban J connectivity index is 2.69. The first kappa shape index (κ1) is 16.2. The molecule has 0 heterocycles. The molecule has 0 aliphatic carbocycles. The molecule has 0 saturated heterocycles. The fourth-order valence-electron chi connectivity index (χ4n) is 2.61. The molecule has 0 aliphatic rings. The molecular formula is C17H29NO. The largest absolute Gasteiger partial charge is 0.395 e. The maximum Gasteiger partial charge on any atom is 0.0589 e. The summed E-state index contributed by atoms with van der Waals surface area (Å²) in [4.78, 5) is 2.28. The molecule has 0 amide bonds. The third kappa shape index (κ3) is 4.32. The van der Waals surface area contributed by atoms with Gasteiger partial charge in [-0.2, -0.15) is 0 Å². The summed E-state index contributed by atoms with van der Waals surface area (Å²) < 4.78 is 0.